The molecule has 4 nitrogen and oxygen atoms in total. The molecule has 0 aliphatic heterocycles. The lowest BCUT2D eigenvalue weighted by Gasteiger charge is -2.13. The minimum absolute atomic E-state index is 0.0467. The Labute approximate surface area is 135 Å². The molecular formula is C17H13F3N2O2. The molecule has 3 aromatic rings. The van der Waals surface area contributed by atoms with Crippen LogP contribution in [0.2, 0.25) is 0 Å². The van der Waals surface area contributed by atoms with Gasteiger partial charge in [0, 0.05) is 16.8 Å². The zero-order valence-corrected chi connectivity index (χ0v) is 12.3. The molecule has 7 heteroatoms. The van der Waals surface area contributed by atoms with E-state index in [-0.39, 0.29) is 6.54 Å². The fraction of sp³-hybridized carbons (Fsp3) is 0.118. The van der Waals surface area contributed by atoms with Gasteiger partial charge in [0.25, 0.3) is 0 Å². The quantitative estimate of drug-likeness (QED) is 0.745. The molecule has 1 aromatic heterocycles. The molecule has 0 fully saturated rings. The van der Waals surface area contributed by atoms with E-state index < -0.39 is 17.8 Å². The van der Waals surface area contributed by atoms with Gasteiger partial charge in [-0.3, -0.25) is 0 Å². The molecule has 0 aliphatic rings. The summed E-state index contributed by atoms with van der Waals surface area (Å²) in [5, 5.41) is 12.0. The van der Waals surface area contributed by atoms with Crippen LogP contribution in [0.5, 0.6) is 0 Å². The van der Waals surface area contributed by atoms with E-state index in [9.17, 15) is 18.0 Å². The standard InChI is InChI=1S/C17H13F3N2O2/c18-17(19,20)12-5-7-13(8-6-12)22-14(10-21-16(23)24)9-11-3-1-2-4-15(11)22/h1-9,21H,10H2,(H,23,24). The normalized spacial score (nSPS) is 11.6. The molecule has 0 spiro atoms. The molecule has 0 aliphatic carbocycles. The van der Waals surface area contributed by atoms with Gasteiger partial charge in [-0.15, -0.1) is 0 Å². The van der Waals surface area contributed by atoms with Gasteiger partial charge in [0.1, 0.15) is 0 Å². The first kappa shape index (κ1) is 15.9. The van der Waals surface area contributed by atoms with Crippen LogP contribution >= 0.6 is 0 Å². The van der Waals surface area contributed by atoms with Crippen molar-refractivity contribution in [2.45, 2.75) is 12.7 Å². The van der Waals surface area contributed by atoms with Crippen LogP contribution in [0.4, 0.5) is 18.0 Å². The van der Waals surface area contributed by atoms with E-state index in [0.29, 0.717) is 11.4 Å². The number of hydrogen-bond acceptors (Lipinski definition) is 1. The third kappa shape index (κ3) is 3.05. The highest BCUT2D eigenvalue weighted by Gasteiger charge is 2.30. The summed E-state index contributed by atoms with van der Waals surface area (Å²) in [5.74, 6) is 0. The number of benzene rings is 2. The van der Waals surface area contributed by atoms with Gasteiger partial charge in [-0.1, -0.05) is 18.2 Å². The first-order valence-electron chi connectivity index (χ1n) is 7.10. The predicted molar refractivity (Wildman–Crippen MR) is 83.1 cm³/mol. The molecule has 2 N–H and O–H groups in total. The van der Waals surface area contributed by atoms with E-state index in [4.69, 9.17) is 5.11 Å². The Morgan fingerprint density at radius 3 is 2.38 bits per heavy atom. The Balaban J connectivity index is 2.09. The number of rotatable bonds is 3. The molecule has 24 heavy (non-hydrogen) atoms. The number of halogens is 3. The molecule has 0 radical (unpaired) electrons. The molecule has 0 bridgehead atoms. The van der Waals surface area contributed by atoms with Crippen LogP contribution in [-0.2, 0) is 12.7 Å². The lowest BCUT2D eigenvalue weighted by atomic mass is 10.2. The number of fused-ring (bicyclic) bond motifs is 1. The molecule has 0 saturated carbocycles. The summed E-state index contributed by atoms with van der Waals surface area (Å²) in [6, 6.07) is 13.9. The second-order valence-corrected chi connectivity index (χ2v) is 5.23. The summed E-state index contributed by atoms with van der Waals surface area (Å²) in [6.45, 7) is 0.0467. The number of nitrogens with one attached hydrogen (secondary N) is 1. The molecular weight excluding hydrogens is 321 g/mol. The number of hydrogen-bond donors (Lipinski definition) is 2. The molecule has 2 aromatic carbocycles. The first-order valence-corrected chi connectivity index (χ1v) is 7.10. The van der Waals surface area contributed by atoms with Crippen LogP contribution in [-0.4, -0.2) is 15.8 Å². The average molecular weight is 334 g/mol. The highest BCUT2D eigenvalue weighted by molar-refractivity contribution is 5.83. The van der Waals surface area contributed by atoms with E-state index in [1.165, 1.54) is 12.1 Å². The van der Waals surface area contributed by atoms with E-state index >= 15 is 0 Å². The zero-order chi connectivity index (χ0) is 17.3. The summed E-state index contributed by atoms with van der Waals surface area (Å²) in [7, 11) is 0. The second kappa shape index (κ2) is 5.92. The average Bonchev–Trinajstić information content (AvgIpc) is 2.90. The zero-order valence-electron chi connectivity index (χ0n) is 12.3. The maximum atomic E-state index is 12.7. The summed E-state index contributed by atoms with van der Waals surface area (Å²) >= 11 is 0. The van der Waals surface area contributed by atoms with Crippen LogP contribution in [0, 0.1) is 0 Å². The molecule has 0 unspecified atom stereocenters. The van der Waals surface area contributed by atoms with Crippen LogP contribution in [0.1, 0.15) is 11.3 Å². The van der Waals surface area contributed by atoms with Gasteiger partial charge in [-0.25, -0.2) is 4.79 Å². The van der Waals surface area contributed by atoms with Crippen molar-refractivity contribution >= 4 is 17.0 Å². The Hall–Kier alpha value is -2.96. The molecule has 1 heterocycles. The van der Waals surface area contributed by atoms with Gasteiger partial charge in [0.15, 0.2) is 0 Å². The molecule has 0 saturated heterocycles. The molecule has 0 atom stereocenters. The van der Waals surface area contributed by atoms with Gasteiger partial charge in [0.2, 0.25) is 0 Å². The van der Waals surface area contributed by atoms with Crippen molar-refractivity contribution in [2.75, 3.05) is 0 Å². The topological polar surface area (TPSA) is 54.3 Å². The number of amides is 1. The van der Waals surface area contributed by atoms with Gasteiger partial charge in [-0.2, -0.15) is 13.2 Å². The van der Waals surface area contributed by atoms with Crippen molar-refractivity contribution in [3.8, 4) is 5.69 Å². The Morgan fingerprint density at radius 1 is 1.08 bits per heavy atom. The maximum Gasteiger partial charge on any atom is 0.416 e. The first-order chi connectivity index (χ1) is 11.4. The van der Waals surface area contributed by atoms with Gasteiger partial charge < -0.3 is 15.0 Å². The van der Waals surface area contributed by atoms with Gasteiger partial charge in [0.05, 0.1) is 17.6 Å². The van der Waals surface area contributed by atoms with Crippen molar-refractivity contribution < 1.29 is 23.1 Å². The summed E-state index contributed by atoms with van der Waals surface area (Å²) < 4.78 is 39.9. The SMILES string of the molecule is O=C(O)NCc1cc2ccccc2n1-c1ccc(C(F)(F)F)cc1. The third-order valence-electron chi connectivity index (χ3n) is 3.66. The molecule has 3 rings (SSSR count). The number of alkyl halides is 3. The number of carbonyl (C=O) groups is 1. The van der Waals surface area contributed by atoms with Crippen molar-refractivity contribution in [3.05, 3.63) is 65.9 Å². The van der Waals surface area contributed by atoms with Crippen molar-refractivity contribution in [2.24, 2.45) is 0 Å². The van der Waals surface area contributed by atoms with Crippen LogP contribution in [0.3, 0.4) is 0 Å². The van der Waals surface area contributed by atoms with E-state index in [1.54, 1.807) is 4.57 Å². The van der Waals surface area contributed by atoms with Gasteiger partial charge in [-0.05, 0) is 36.4 Å². The van der Waals surface area contributed by atoms with Crippen LogP contribution in [0.15, 0.2) is 54.6 Å². The lowest BCUT2D eigenvalue weighted by molar-refractivity contribution is -0.137. The predicted octanol–water partition coefficient (Wildman–Crippen LogP) is 4.42. The highest BCUT2D eigenvalue weighted by Crippen LogP contribution is 2.31. The van der Waals surface area contributed by atoms with E-state index in [0.717, 1.165) is 23.0 Å². The fourth-order valence-electron chi connectivity index (χ4n) is 2.61. The largest absolute Gasteiger partial charge is 0.465 e. The fourth-order valence-corrected chi connectivity index (χ4v) is 2.61. The molecule has 124 valence electrons. The van der Waals surface area contributed by atoms with Crippen molar-refractivity contribution in [1.82, 2.24) is 9.88 Å². The van der Waals surface area contributed by atoms with Crippen LogP contribution < -0.4 is 5.32 Å². The second-order valence-electron chi connectivity index (χ2n) is 5.23. The summed E-state index contributed by atoms with van der Waals surface area (Å²) in [5.41, 5.74) is 1.23. The highest BCUT2D eigenvalue weighted by atomic mass is 19.4. The number of nitrogens with zero attached hydrogens (tertiary/aromatic N) is 1. The Kier molecular flexibility index (Phi) is 3.92. The number of para-hydroxylation sites is 1. The van der Waals surface area contributed by atoms with E-state index in [2.05, 4.69) is 5.32 Å². The lowest BCUT2D eigenvalue weighted by Crippen LogP contribution is -2.21. The number of carboxylic acid groups (broad SMARTS) is 1. The number of aromatic nitrogens is 1. The Bertz CT molecular complexity index is 883. The van der Waals surface area contributed by atoms with E-state index in [1.807, 2.05) is 30.3 Å². The minimum Gasteiger partial charge on any atom is -0.465 e. The summed E-state index contributed by atoms with van der Waals surface area (Å²) in [6.07, 6.45) is -5.57. The third-order valence-corrected chi connectivity index (χ3v) is 3.66. The smallest absolute Gasteiger partial charge is 0.416 e. The maximum absolute atomic E-state index is 12.7. The van der Waals surface area contributed by atoms with Gasteiger partial charge >= 0.3 is 12.3 Å². The Morgan fingerprint density at radius 2 is 1.75 bits per heavy atom. The molecule has 1 amide bonds. The van der Waals surface area contributed by atoms with Crippen molar-refractivity contribution in [3.63, 3.8) is 0 Å². The summed E-state index contributed by atoms with van der Waals surface area (Å²) in [4.78, 5) is 10.7. The van der Waals surface area contributed by atoms with Crippen molar-refractivity contribution in [1.29, 1.82) is 0 Å². The monoisotopic (exact) mass is 334 g/mol. The van der Waals surface area contributed by atoms with Crippen LogP contribution in [0.25, 0.3) is 16.6 Å². The minimum atomic E-state index is -4.40.